The Bertz CT molecular complexity index is 811. The summed E-state index contributed by atoms with van der Waals surface area (Å²) in [5, 5.41) is 18.4. The summed E-state index contributed by atoms with van der Waals surface area (Å²) in [7, 11) is 0. The summed E-state index contributed by atoms with van der Waals surface area (Å²) >= 11 is 1.70. The molecule has 0 saturated carbocycles. The largest absolute Gasteiger partial charge is 0.490 e. The van der Waals surface area contributed by atoms with Crippen molar-refractivity contribution in [1.29, 1.82) is 0 Å². The van der Waals surface area contributed by atoms with Crippen molar-refractivity contribution in [2.75, 3.05) is 38.5 Å². The van der Waals surface area contributed by atoms with Gasteiger partial charge in [-0.2, -0.15) is 26.3 Å². The predicted molar refractivity (Wildman–Crippen MR) is 101 cm³/mol. The topological polar surface area (TPSA) is 116 Å². The monoisotopic (exact) mass is 491 g/mol. The molecule has 1 fully saturated rings. The molecule has 8 nitrogen and oxygen atoms in total. The molecule has 0 spiro atoms. The highest BCUT2D eigenvalue weighted by Gasteiger charge is 2.38. The quantitative estimate of drug-likeness (QED) is 0.438. The van der Waals surface area contributed by atoms with Crippen LogP contribution in [0.5, 0.6) is 0 Å². The van der Waals surface area contributed by atoms with Crippen LogP contribution in [-0.4, -0.2) is 82.9 Å². The molecule has 0 radical (unpaired) electrons. The number of aliphatic carboxylic acids is 2. The van der Waals surface area contributed by atoms with Gasteiger partial charge in [-0.3, -0.25) is 4.90 Å². The number of thioether (sulfide) groups is 1. The van der Waals surface area contributed by atoms with Crippen LogP contribution < -0.4 is 5.32 Å². The third kappa shape index (κ3) is 10.7. The van der Waals surface area contributed by atoms with Crippen molar-refractivity contribution in [2.24, 2.45) is 0 Å². The van der Waals surface area contributed by atoms with Crippen molar-refractivity contribution < 1.29 is 50.6 Å². The van der Waals surface area contributed by atoms with Gasteiger partial charge < -0.3 is 19.9 Å². The minimum atomic E-state index is -5.08. The standard InChI is InChI=1S/C13H17N3OS.2C2HF3O2/c1-2-4-12-11(3-1)15-13(17-12)18-10-9-16-7-5-14-6-8-16;2*3-2(4,5)1(6)7/h1-4,14H,5-10H2;2*(H,6,7). The lowest BCUT2D eigenvalue weighted by Gasteiger charge is -2.26. The van der Waals surface area contributed by atoms with Crippen LogP contribution in [0.1, 0.15) is 0 Å². The summed E-state index contributed by atoms with van der Waals surface area (Å²) in [5.74, 6) is -4.48. The fraction of sp³-hybridized carbons (Fsp3) is 0.471. The van der Waals surface area contributed by atoms with E-state index < -0.39 is 24.3 Å². The number of fused-ring (bicyclic) bond motifs is 1. The van der Waals surface area contributed by atoms with Gasteiger partial charge in [-0.05, 0) is 12.1 Å². The van der Waals surface area contributed by atoms with Crippen LogP contribution in [0.25, 0.3) is 11.1 Å². The van der Waals surface area contributed by atoms with Crippen molar-refractivity contribution >= 4 is 34.8 Å². The number of carboxylic acids is 2. The van der Waals surface area contributed by atoms with Gasteiger partial charge >= 0.3 is 24.3 Å². The molecule has 0 atom stereocenters. The first-order chi connectivity index (χ1) is 14.8. The Hall–Kier alpha value is -2.52. The third-order valence-corrected chi connectivity index (χ3v) is 4.41. The molecule has 1 aliphatic heterocycles. The number of nitrogens with one attached hydrogen (secondary N) is 1. The number of piperazine rings is 1. The van der Waals surface area contributed by atoms with Crippen molar-refractivity contribution in [1.82, 2.24) is 15.2 Å². The fourth-order valence-electron chi connectivity index (χ4n) is 2.11. The number of aromatic nitrogens is 1. The normalized spacial score (nSPS) is 14.7. The molecule has 180 valence electrons. The molecule has 1 aromatic carbocycles. The molecule has 1 aliphatic rings. The van der Waals surface area contributed by atoms with E-state index in [9.17, 15) is 26.3 Å². The molecule has 0 bridgehead atoms. The van der Waals surface area contributed by atoms with E-state index in [1.54, 1.807) is 11.8 Å². The number of alkyl halides is 6. The maximum absolute atomic E-state index is 10.6. The maximum Gasteiger partial charge on any atom is 0.490 e. The summed E-state index contributed by atoms with van der Waals surface area (Å²) in [6, 6.07) is 7.91. The van der Waals surface area contributed by atoms with Gasteiger partial charge in [0.25, 0.3) is 5.22 Å². The van der Waals surface area contributed by atoms with E-state index in [1.807, 2.05) is 24.3 Å². The zero-order valence-electron chi connectivity index (χ0n) is 16.2. The number of carbonyl (C=O) groups is 2. The first-order valence-corrected chi connectivity index (χ1v) is 9.81. The molecule has 0 amide bonds. The number of benzene rings is 1. The van der Waals surface area contributed by atoms with E-state index in [-0.39, 0.29) is 0 Å². The van der Waals surface area contributed by atoms with Crippen molar-refractivity contribution in [3.8, 4) is 0 Å². The predicted octanol–water partition coefficient (Wildman–Crippen LogP) is 3.09. The minimum Gasteiger partial charge on any atom is -0.475 e. The molecule has 0 aliphatic carbocycles. The maximum atomic E-state index is 10.6. The molecule has 2 heterocycles. The summed E-state index contributed by atoms with van der Waals surface area (Å²) in [6.07, 6.45) is -10.2. The minimum absolute atomic E-state index is 0.784. The van der Waals surface area contributed by atoms with Gasteiger partial charge in [-0.1, -0.05) is 23.9 Å². The van der Waals surface area contributed by atoms with Crippen LogP contribution in [0, 0.1) is 0 Å². The summed E-state index contributed by atoms with van der Waals surface area (Å²) in [6.45, 7) is 5.61. The Kier molecular flexibility index (Phi) is 10.7. The average molecular weight is 491 g/mol. The van der Waals surface area contributed by atoms with Gasteiger partial charge in [0.05, 0.1) is 0 Å². The summed E-state index contributed by atoms with van der Waals surface area (Å²) < 4.78 is 69.2. The lowest BCUT2D eigenvalue weighted by atomic mass is 10.3. The summed E-state index contributed by atoms with van der Waals surface area (Å²) in [5.41, 5.74) is 1.82. The smallest absolute Gasteiger partial charge is 0.475 e. The number of para-hydroxylation sites is 2. The Morgan fingerprint density at radius 3 is 2.00 bits per heavy atom. The van der Waals surface area contributed by atoms with Crippen LogP contribution in [0.4, 0.5) is 26.3 Å². The second kappa shape index (κ2) is 12.5. The molecule has 0 unspecified atom stereocenters. The van der Waals surface area contributed by atoms with Crippen molar-refractivity contribution in [3.63, 3.8) is 0 Å². The Morgan fingerprint density at radius 1 is 1.03 bits per heavy atom. The van der Waals surface area contributed by atoms with E-state index in [4.69, 9.17) is 24.2 Å². The highest BCUT2D eigenvalue weighted by molar-refractivity contribution is 7.99. The highest BCUT2D eigenvalue weighted by atomic mass is 32.2. The number of halogens is 6. The second-order valence-electron chi connectivity index (χ2n) is 5.99. The Labute approximate surface area is 181 Å². The van der Waals surface area contributed by atoms with E-state index in [0.717, 1.165) is 54.8 Å². The molecular formula is C17H19F6N3O5S. The fourth-order valence-corrected chi connectivity index (χ4v) is 2.95. The lowest BCUT2D eigenvalue weighted by molar-refractivity contribution is -0.193. The Balaban J connectivity index is 0.000000305. The van der Waals surface area contributed by atoms with Gasteiger partial charge in [0.1, 0.15) is 5.52 Å². The first-order valence-electron chi connectivity index (χ1n) is 8.82. The first kappa shape index (κ1) is 27.5. The molecule has 1 aromatic heterocycles. The molecular weight excluding hydrogens is 472 g/mol. The zero-order valence-corrected chi connectivity index (χ0v) is 17.1. The van der Waals surface area contributed by atoms with Crippen molar-refractivity contribution in [3.05, 3.63) is 24.3 Å². The van der Waals surface area contributed by atoms with Gasteiger partial charge in [0.2, 0.25) is 0 Å². The Morgan fingerprint density at radius 2 is 1.53 bits per heavy atom. The van der Waals surface area contributed by atoms with Crippen LogP contribution in [0.15, 0.2) is 33.9 Å². The summed E-state index contributed by atoms with van der Waals surface area (Å²) in [4.78, 5) is 24.7. The number of carboxylic acid groups (broad SMARTS) is 2. The molecule has 3 rings (SSSR count). The molecule has 15 heteroatoms. The van der Waals surface area contributed by atoms with Gasteiger partial charge in [-0.15, -0.1) is 0 Å². The van der Waals surface area contributed by atoms with Gasteiger partial charge in [-0.25, -0.2) is 14.6 Å². The molecule has 32 heavy (non-hydrogen) atoms. The number of nitrogens with zero attached hydrogens (tertiary/aromatic N) is 2. The molecule has 2 aromatic rings. The van der Waals surface area contributed by atoms with Gasteiger partial charge in [0, 0.05) is 38.5 Å². The van der Waals surface area contributed by atoms with E-state index >= 15 is 0 Å². The number of hydrogen-bond donors (Lipinski definition) is 3. The highest BCUT2D eigenvalue weighted by Crippen LogP contribution is 2.23. The van der Waals surface area contributed by atoms with E-state index in [1.165, 1.54) is 0 Å². The van der Waals surface area contributed by atoms with E-state index in [2.05, 4.69) is 15.2 Å². The van der Waals surface area contributed by atoms with E-state index in [0.29, 0.717) is 0 Å². The lowest BCUT2D eigenvalue weighted by Crippen LogP contribution is -2.44. The average Bonchev–Trinajstić information content (AvgIpc) is 3.11. The number of hydrogen-bond acceptors (Lipinski definition) is 7. The second-order valence-corrected chi connectivity index (χ2v) is 7.04. The third-order valence-electron chi connectivity index (χ3n) is 3.60. The van der Waals surface area contributed by atoms with Crippen molar-refractivity contribution in [2.45, 2.75) is 17.6 Å². The molecule has 3 N–H and O–H groups in total. The van der Waals surface area contributed by atoms with Crippen LogP contribution in [0.2, 0.25) is 0 Å². The van der Waals surface area contributed by atoms with Crippen LogP contribution >= 0.6 is 11.8 Å². The zero-order chi connectivity index (χ0) is 24.4. The van der Waals surface area contributed by atoms with Crippen LogP contribution in [0.3, 0.4) is 0 Å². The van der Waals surface area contributed by atoms with Gasteiger partial charge in [0.15, 0.2) is 5.58 Å². The SMILES string of the molecule is O=C(O)C(F)(F)F.O=C(O)C(F)(F)F.c1ccc2oc(SCCN3CCNCC3)nc2c1. The van der Waals surface area contributed by atoms with Crippen LogP contribution in [-0.2, 0) is 9.59 Å². The molecule has 1 saturated heterocycles. The number of oxazole rings is 1. The number of rotatable bonds is 4.